The van der Waals surface area contributed by atoms with Gasteiger partial charge in [0, 0.05) is 0 Å². The van der Waals surface area contributed by atoms with Gasteiger partial charge in [-0.05, 0) is 0 Å². The predicted molar refractivity (Wildman–Crippen MR) is 59.4 cm³/mol. The topological polar surface area (TPSA) is 22.0 Å². The number of pyridine rings is 1. The average Bonchev–Trinajstić information content (AvgIpc) is 2.03. The molecule has 1 aromatic rings. The van der Waals surface area contributed by atoms with Crippen LogP contribution in [0.5, 0.6) is 0 Å². The van der Waals surface area contributed by atoms with Gasteiger partial charge in [0.25, 0.3) is 0 Å². The number of hydrogen-bond donors (Lipinski definition) is 0. The molecule has 0 N–H and O–H groups in total. The molecule has 0 fully saturated rings. The molecular weight excluding hydrogens is 269 g/mol. The Labute approximate surface area is 83.5 Å². The molecule has 1 heterocycles. The van der Waals surface area contributed by atoms with Crippen LogP contribution in [0.2, 0.25) is 14.8 Å². The molecule has 0 atom stereocenters. The summed E-state index contributed by atoms with van der Waals surface area (Å²) in [6.45, 7) is 2.78. The van der Waals surface area contributed by atoms with Crippen molar-refractivity contribution in [1.29, 1.82) is 0 Å². The van der Waals surface area contributed by atoms with Crippen LogP contribution < -0.4 is 9.14 Å². The summed E-state index contributed by atoms with van der Waals surface area (Å²) < 4.78 is 3.20. The molecule has 0 unspecified atom stereocenters. The Balaban J connectivity index is 3.22. The van der Waals surface area contributed by atoms with Crippen molar-refractivity contribution in [1.82, 2.24) is 4.57 Å². The van der Waals surface area contributed by atoms with Gasteiger partial charge in [0.2, 0.25) is 0 Å². The van der Waals surface area contributed by atoms with Crippen LogP contribution >= 0.6 is 0 Å². The van der Waals surface area contributed by atoms with Crippen LogP contribution in [0.4, 0.5) is 0 Å². The van der Waals surface area contributed by atoms with Gasteiger partial charge in [-0.1, -0.05) is 0 Å². The van der Waals surface area contributed by atoms with Crippen molar-refractivity contribution < 1.29 is 0 Å². The van der Waals surface area contributed by atoms with Gasteiger partial charge in [0.1, 0.15) is 0 Å². The summed E-state index contributed by atoms with van der Waals surface area (Å²) in [5.41, 5.74) is 0.113. The molecule has 0 aliphatic rings. The Morgan fingerprint density at radius 2 is 1.92 bits per heavy atom. The van der Waals surface area contributed by atoms with Crippen molar-refractivity contribution >= 4 is 22.0 Å². The second-order valence-electron chi connectivity index (χ2n) is 4.29. The Hall–Kier alpha value is -0.251. The molecule has 3 heteroatoms. The van der Waals surface area contributed by atoms with Crippen molar-refractivity contribution in [2.24, 2.45) is 0 Å². The van der Waals surface area contributed by atoms with Crippen molar-refractivity contribution in [2.75, 3.05) is 0 Å². The Kier molecular flexibility index (Phi) is 3.22. The zero-order valence-corrected chi connectivity index (χ0v) is 11.6. The zero-order chi connectivity index (χ0) is 10.1. The summed E-state index contributed by atoms with van der Waals surface area (Å²) in [5.74, 6) is 0. The average molecular weight is 286 g/mol. The summed E-state index contributed by atoms with van der Waals surface area (Å²) in [5, 5.41) is 0. The van der Waals surface area contributed by atoms with Crippen LogP contribution in [0, 0.1) is 0 Å². The molecule has 0 aromatic carbocycles. The minimum absolute atomic E-state index is 0.113. The molecule has 13 heavy (non-hydrogen) atoms. The van der Waals surface area contributed by atoms with E-state index in [1.807, 2.05) is 19.2 Å². The number of nitrogens with zero attached hydrogens (tertiary/aromatic N) is 1. The first-order valence-electron chi connectivity index (χ1n) is 4.66. The van der Waals surface area contributed by atoms with Gasteiger partial charge in [0.15, 0.2) is 0 Å². The number of rotatable bonds is 2. The van der Waals surface area contributed by atoms with Crippen LogP contribution in [0.15, 0.2) is 23.1 Å². The molecule has 1 aromatic heterocycles. The predicted octanol–water partition coefficient (Wildman–Crippen LogP) is 1.41. The molecule has 72 valence electrons. The summed E-state index contributed by atoms with van der Waals surface area (Å²) >= 11 is -1.97. The summed E-state index contributed by atoms with van der Waals surface area (Å²) in [6, 6.07) is 3.70. The molecule has 0 saturated carbocycles. The first kappa shape index (κ1) is 10.8. The first-order chi connectivity index (χ1) is 5.95. The molecule has 0 radical (unpaired) electrons. The van der Waals surface area contributed by atoms with E-state index in [4.69, 9.17) is 0 Å². The van der Waals surface area contributed by atoms with E-state index >= 15 is 0 Å². The summed E-state index contributed by atoms with van der Waals surface area (Å²) in [7, 11) is 0. The standard InChI is InChI=1S/C7H8NO.3CH3.Sn/c1-2-8-6-4-3-5-7(8)9;;;;/h3,5-6H,2H2,1H3;3*1H3;. The third-order valence-corrected chi connectivity index (χ3v) is 7.98. The molecular formula is C10H17NOSn. The van der Waals surface area contributed by atoms with Gasteiger partial charge in [-0.15, -0.1) is 0 Å². The quantitative estimate of drug-likeness (QED) is 0.753. The van der Waals surface area contributed by atoms with E-state index in [1.165, 1.54) is 3.58 Å². The van der Waals surface area contributed by atoms with Crippen LogP contribution in [0.25, 0.3) is 0 Å². The Morgan fingerprint density at radius 1 is 1.31 bits per heavy atom. The van der Waals surface area contributed by atoms with Crippen LogP contribution in [0.3, 0.4) is 0 Å². The van der Waals surface area contributed by atoms with Gasteiger partial charge in [-0.3, -0.25) is 0 Å². The summed E-state index contributed by atoms with van der Waals surface area (Å²) in [4.78, 5) is 18.4. The van der Waals surface area contributed by atoms with Gasteiger partial charge in [0.05, 0.1) is 0 Å². The third kappa shape index (κ3) is 2.59. The van der Waals surface area contributed by atoms with Gasteiger partial charge in [-0.25, -0.2) is 0 Å². The van der Waals surface area contributed by atoms with Crippen LogP contribution in [-0.2, 0) is 6.54 Å². The van der Waals surface area contributed by atoms with Crippen molar-refractivity contribution in [3.05, 3.63) is 28.7 Å². The van der Waals surface area contributed by atoms with Crippen molar-refractivity contribution in [2.45, 2.75) is 28.3 Å². The normalized spacial score (nSPS) is 11.7. The maximum atomic E-state index is 11.3. The van der Waals surface area contributed by atoms with Gasteiger partial charge < -0.3 is 0 Å². The van der Waals surface area contributed by atoms with E-state index in [1.54, 1.807) is 10.6 Å². The molecule has 0 bridgehead atoms. The van der Waals surface area contributed by atoms with E-state index < -0.39 is 18.4 Å². The Bertz CT molecular complexity index is 349. The first-order valence-corrected chi connectivity index (χ1v) is 14.6. The van der Waals surface area contributed by atoms with E-state index in [-0.39, 0.29) is 5.56 Å². The fourth-order valence-electron chi connectivity index (χ4n) is 1.22. The Morgan fingerprint density at radius 3 is 2.38 bits per heavy atom. The van der Waals surface area contributed by atoms with Gasteiger partial charge in [-0.2, -0.15) is 0 Å². The van der Waals surface area contributed by atoms with E-state index in [2.05, 4.69) is 14.8 Å². The fraction of sp³-hybridized carbons (Fsp3) is 0.500. The summed E-state index contributed by atoms with van der Waals surface area (Å²) in [6.07, 6.45) is 2.04. The minimum atomic E-state index is -1.97. The third-order valence-electron chi connectivity index (χ3n) is 2.19. The second kappa shape index (κ2) is 3.86. The number of aromatic nitrogens is 1. The van der Waals surface area contributed by atoms with Crippen LogP contribution in [0.1, 0.15) is 6.92 Å². The molecule has 0 amide bonds. The van der Waals surface area contributed by atoms with E-state index in [0.717, 1.165) is 6.54 Å². The number of aryl methyl sites for hydroxylation is 1. The fourth-order valence-corrected chi connectivity index (χ4v) is 4.44. The SMILES string of the molecule is CCn1c[c]([Sn]([CH3])([CH3])[CH3])ccc1=O. The van der Waals surface area contributed by atoms with Crippen molar-refractivity contribution in [3.8, 4) is 0 Å². The molecule has 0 spiro atoms. The maximum absolute atomic E-state index is 11.3. The zero-order valence-electron chi connectivity index (χ0n) is 8.79. The van der Waals surface area contributed by atoms with Crippen LogP contribution in [-0.4, -0.2) is 22.9 Å². The van der Waals surface area contributed by atoms with Gasteiger partial charge >= 0.3 is 83.5 Å². The van der Waals surface area contributed by atoms with E-state index in [9.17, 15) is 4.79 Å². The van der Waals surface area contributed by atoms with Crippen molar-refractivity contribution in [3.63, 3.8) is 0 Å². The van der Waals surface area contributed by atoms with E-state index in [0.29, 0.717) is 0 Å². The molecule has 0 saturated heterocycles. The molecule has 2 nitrogen and oxygen atoms in total. The molecule has 0 aliphatic carbocycles. The second-order valence-corrected chi connectivity index (χ2v) is 18.8. The molecule has 1 rings (SSSR count). The monoisotopic (exact) mass is 287 g/mol. The molecule has 0 aliphatic heterocycles. The number of hydrogen-bond acceptors (Lipinski definition) is 1.